The van der Waals surface area contributed by atoms with Crippen LogP contribution in [0.3, 0.4) is 0 Å². The molecule has 2 heterocycles. The van der Waals surface area contributed by atoms with Gasteiger partial charge in [0.2, 0.25) is 0 Å². The Morgan fingerprint density at radius 2 is 1.82 bits per heavy atom. The first kappa shape index (κ1) is 19.7. The molecule has 0 unspecified atom stereocenters. The molecule has 1 atom stereocenters. The Labute approximate surface area is 150 Å². The highest BCUT2D eigenvalue weighted by Gasteiger charge is 2.25. The van der Waals surface area contributed by atoms with Crippen LogP contribution in [0.2, 0.25) is 0 Å². The number of thiophene rings is 1. The highest BCUT2D eigenvalue weighted by molar-refractivity contribution is 7.17. The Morgan fingerprint density at radius 1 is 1.14 bits per heavy atom. The second-order valence-corrected chi connectivity index (χ2v) is 7.03. The van der Waals surface area contributed by atoms with E-state index in [4.69, 9.17) is 0 Å². The van der Waals surface area contributed by atoms with Crippen molar-refractivity contribution in [3.05, 3.63) is 35.2 Å². The fourth-order valence-electron chi connectivity index (χ4n) is 3.17. The molecular weight excluding hydrogens is 335 g/mol. The van der Waals surface area contributed by atoms with Crippen LogP contribution in [0, 0.1) is 5.92 Å². The van der Waals surface area contributed by atoms with Gasteiger partial charge in [0.1, 0.15) is 0 Å². The van der Waals surface area contributed by atoms with Gasteiger partial charge in [0.25, 0.3) is 0 Å². The van der Waals surface area contributed by atoms with Gasteiger partial charge in [-0.1, -0.05) is 32.0 Å². The van der Waals surface area contributed by atoms with Crippen LogP contribution in [0.5, 0.6) is 0 Å². The Morgan fingerprint density at radius 3 is 2.50 bits per heavy atom. The van der Waals surface area contributed by atoms with Crippen LogP contribution in [-0.2, 0) is 0 Å². The normalized spacial score (nSPS) is 17.0. The van der Waals surface area contributed by atoms with Crippen molar-refractivity contribution < 1.29 is 0 Å². The van der Waals surface area contributed by atoms with Crippen molar-refractivity contribution in [2.75, 3.05) is 26.2 Å². The van der Waals surface area contributed by atoms with Crippen LogP contribution in [0.4, 0.5) is 0 Å². The maximum Gasteiger partial charge on any atom is 0.0366 e. The highest BCUT2D eigenvalue weighted by atomic mass is 35.5. The van der Waals surface area contributed by atoms with Gasteiger partial charge in [0.15, 0.2) is 0 Å². The maximum atomic E-state index is 3.47. The van der Waals surface area contributed by atoms with Crippen molar-refractivity contribution in [3.8, 4) is 0 Å². The smallest absolute Gasteiger partial charge is 0.0366 e. The molecule has 3 rings (SSSR count). The molecule has 2 nitrogen and oxygen atoms in total. The third kappa shape index (κ3) is 4.36. The summed E-state index contributed by atoms with van der Waals surface area (Å²) in [5.74, 6) is 0.730. The largest absolute Gasteiger partial charge is 0.314 e. The lowest BCUT2D eigenvalue weighted by Gasteiger charge is -2.36. The van der Waals surface area contributed by atoms with Crippen LogP contribution in [0.15, 0.2) is 29.6 Å². The van der Waals surface area contributed by atoms with E-state index in [2.05, 4.69) is 53.7 Å². The van der Waals surface area contributed by atoms with Crippen LogP contribution in [0.1, 0.15) is 31.9 Å². The van der Waals surface area contributed by atoms with Gasteiger partial charge in [-0.2, -0.15) is 0 Å². The molecule has 1 aliphatic rings. The van der Waals surface area contributed by atoms with E-state index >= 15 is 0 Å². The Balaban J connectivity index is 0.00000121. The van der Waals surface area contributed by atoms with Crippen LogP contribution < -0.4 is 5.32 Å². The lowest BCUT2D eigenvalue weighted by molar-refractivity contribution is 0.155. The van der Waals surface area contributed by atoms with E-state index in [1.54, 1.807) is 5.56 Å². The molecule has 5 heteroatoms. The Bertz CT molecular complexity index is 565. The number of hydrogen-bond donors (Lipinski definition) is 1. The lowest BCUT2D eigenvalue weighted by Crippen LogP contribution is -2.45. The molecule has 2 aromatic rings. The predicted octanol–water partition coefficient (Wildman–Crippen LogP) is 4.74. The number of nitrogens with zero attached hydrogens (tertiary/aromatic N) is 1. The quantitative estimate of drug-likeness (QED) is 0.846. The molecule has 1 aromatic carbocycles. The fraction of sp³-hybridized carbons (Fsp3) is 0.529. The lowest BCUT2D eigenvalue weighted by atomic mass is 9.94. The molecule has 0 bridgehead atoms. The summed E-state index contributed by atoms with van der Waals surface area (Å²) in [4.78, 5) is 2.67. The number of rotatable bonds is 4. The van der Waals surface area contributed by atoms with Crippen molar-refractivity contribution in [1.29, 1.82) is 0 Å². The second kappa shape index (κ2) is 9.09. The van der Waals surface area contributed by atoms with E-state index in [9.17, 15) is 0 Å². The topological polar surface area (TPSA) is 15.3 Å². The van der Waals surface area contributed by atoms with Crippen LogP contribution >= 0.6 is 36.2 Å². The molecule has 0 aliphatic carbocycles. The summed E-state index contributed by atoms with van der Waals surface area (Å²) in [5.41, 5.74) is 1.54. The molecule has 124 valence electrons. The first-order valence-electron chi connectivity index (χ1n) is 7.66. The number of fused-ring (bicyclic) bond motifs is 1. The van der Waals surface area contributed by atoms with Crippen molar-refractivity contribution >= 4 is 46.2 Å². The second-order valence-electron chi connectivity index (χ2n) is 6.12. The summed E-state index contributed by atoms with van der Waals surface area (Å²) in [7, 11) is 0. The van der Waals surface area contributed by atoms with E-state index in [1.807, 2.05) is 11.3 Å². The average molecular weight is 361 g/mol. The van der Waals surface area contributed by atoms with Crippen molar-refractivity contribution in [3.63, 3.8) is 0 Å². The Hall–Kier alpha value is -0.320. The predicted molar refractivity (Wildman–Crippen MR) is 103 cm³/mol. The first-order chi connectivity index (χ1) is 9.75. The number of halogens is 2. The third-order valence-electron chi connectivity index (χ3n) is 4.16. The standard InChI is InChI=1S/C17H24N2S.2ClH/c1-13(2)11-16(19-9-7-18-8-10-19)15-12-20-17-6-4-3-5-14(15)17;;/h3-6,12-13,16,18H,7-11H2,1-2H3;2*1H/t16-;;/m1../s1. The van der Waals surface area contributed by atoms with Gasteiger partial charge in [-0.15, -0.1) is 36.2 Å². The summed E-state index contributed by atoms with van der Waals surface area (Å²) in [6.45, 7) is 9.25. The molecular formula is C17H26Cl2N2S. The number of piperazine rings is 1. The zero-order valence-electron chi connectivity index (χ0n) is 13.2. The summed E-state index contributed by atoms with van der Waals surface area (Å²) >= 11 is 1.89. The van der Waals surface area contributed by atoms with E-state index in [1.165, 1.54) is 29.6 Å². The maximum absolute atomic E-state index is 3.47. The van der Waals surface area contributed by atoms with Crippen LogP contribution in [-0.4, -0.2) is 31.1 Å². The molecule has 1 aliphatic heterocycles. The summed E-state index contributed by atoms with van der Waals surface area (Å²) in [5, 5.41) is 7.31. The van der Waals surface area contributed by atoms with Gasteiger partial charge in [-0.05, 0) is 34.7 Å². The van der Waals surface area contributed by atoms with Gasteiger partial charge in [0.05, 0.1) is 0 Å². The summed E-state index contributed by atoms with van der Waals surface area (Å²) in [6, 6.07) is 9.42. The van der Waals surface area contributed by atoms with E-state index in [-0.39, 0.29) is 24.8 Å². The molecule has 1 aromatic heterocycles. The number of benzene rings is 1. The third-order valence-corrected chi connectivity index (χ3v) is 5.14. The minimum atomic E-state index is 0. The van der Waals surface area contributed by atoms with Crippen molar-refractivity contribution in [2.24, 2.45) is 5.92 Å². The first-order valence-corrected chi connectivity index (χ1v) is 8.54. The molecule has 1 fully saturated rings. The molecule has 22 heavy (non-hydrogen) atoms. The SMILES string of the molecule is CC(C)C[C@H](c1csc2ccccc12)N1CCNCC1.Cl.Cl. The van der Waals surface area contributed by atoms with Crippen molar-refractivity contribution in [1.82, 2.24) is 10.2 Å². The molecule has 1 saturated heterocycles. The minimum Gasteiger partial charge on any atom is -0.314 e. The van der Waals surface area contributed by atoms with Gasteiger partial charge < -0.3 is 5.32 Å². The van der Waals surface area contributed by atoms with E-state index < -0.39 is 0 Å². The van der Waals surface area contributed by atoms with Crippen LogP contribution in [0.25, 0.3) is 10.1 Å². The Kier molecular flexibility index (Phi) is 8.15. The van der Waals surface area contributed by atoms with Gasteiger partial charge in [-0.25, -0.2) is 0 Å². The number of hydrogen-bond acceptors (Lipinski definition) is 3. The molecule has 1 N–H and O–H groups in total. The monoisotopic (exact) mass is 360 g/mol. The van der Waals surface area contributed by atoms with Gasteiger partial charge >= 0.3 is 0 Å². The zero-order valence-corrected chi connectivity index (χ0v) is 15.7. The minimum absolute atomic E-state index is 0. The van der Waals surface area contributed by atoms with Gasteiger partial charge in [-0.3, -0.25) is 4.90 Å². The molecule has 0 saturated carbocycles. The zero-order chi connectivity index (χ0) is 13.9. The van der Waals surface area contributed by atoms with E-state index in [0.717, 1.165) is 19.0 Å². The fourth-order valence-corrected chi connectivity index (χ4v) is 4.18. The molecule has 0 radical (unpaired) electrons. The number of nitrogens with one attached hydrogen (secondary N) is 1. The summed E-state index contributed by atoms with van der Waals surface area (Å²) < 4.78 is 1.42. The molecule has 0 amide bonds. The van der Waals surface area contributed by atoms with Gasteiger partial charge in [0, 0.05) is 36.9 Å². The highest BCUT2D eigenvalue weighted by Crippen LogP contribution is 2.36. The molecule has 0 spiro atoms. The average Bonchev–Trinajstić information content (AvgIpc) is 2.89. The summed E-state index contributed by atoms with van der Waals surface area (Å²) in [6.07, 6.45) is 1.25. The van der Waals surface area contributed by atoms with Crippen molar-refractivity contribution in [2.45, 2.75) is 26.3 Å². The van der Waals surface area contributed by atoms with E-state index in [0.29, 0.717) is 6.04 Å².